The lowest BCUT2D eigenvalue weighted by Crippen LogP contribution is -2.30. The lowest BCUT2D eigenvalue weighted by atomic mass is 10.2. The molecule has 0 aliphatic carbocycles. The SMILES string of the molecule is NS(=O)(=O)c1ccc2c(c1)N(C(=O)Cc1csc(Cc3ccccc3)n1)CC2. The molecule has 0 radical (unpaired) electrons. The lowest BCUT2D eigenvalue weighted by molar-refractivity contribution is -0.117. The second-order valence-electron chi connectivity index (χ2n) is 6.70. The van der Waals surface area contributed by atoms with E-state index >= 15 is 0 Å². The number of hydrogen-bond acceptors (Lipinski definition) is 5. The number of primary sulfonamides is 1. The highest BCUT2D eigenvalue weighted by atomic mass is 32.2. The minimum Gasteiger partial charge on any atom is -0.311 e. The van der Waals surface area contributed by atoms with Gasteiger partial charge in [-0.3, -0.25) is 4.79 Å². The molecule has 1 aliphatic rings. The van der Waals surface area contributed by atoms with E-state index in [0.29, 0.717) is 18.7 Å². The fourth-order valence-corrected chi connectivity index (χ4v) is 4.69. The Morgan fingerprint density at radius 3 is 2.71 bits per heavy atom. The van der Waals surface area contributed by atoms with Gasteiger partial charge in [0.1, 0.15) is 0 Å². The summed E-state index contributed by atoms with van der Waals surface area (Å²) in [6.07, 6.45) is 1.62. The van der Waals surface area contributed by atoms with Crippen LogP contribution in [0.1, 0.15) is 21.8 Å². The van der Waals surface area contributed by atoms with Crippen molar-refractivity contribution in [3.05, 3.63) is 75.7 Å². The number of sulfonamides is 1. The third-order valence-electron chi connectivity index (χ3n) is 4.71. The van der Waals surface area contributed by atoms with Crippen LogP contribution in [0, 0.1) is 0 Å². The third-order valence-corrected chi connectivity index (χ3v) is 6.52. The maximum atomic E-state index is 12.8. The zero-order valence-electron chi connectivity index (χ0n) is 15.0. The van der Waals surface area contributed by atoms with Crippen molar-refractivity contribution in [2.45, 2.75) is 24.2 Å². The fraction of sp³-hybridized carbons (Fsp3) is 0.200. The largest absolute Gasteiger partial charge is 0.311 e. The van der Waals surface area contributed by atoms with Crippen LogP contribution in [0.3, 0.4) is 0 Å². The molecular weight excluding hydrogens is 394 g/mol. The Kier molecular flexibility index (Phi) is 5.01. The van der Waals surface area contributed by atoms with Crippen LogP contribution < -0.4 is 10.0 Å². The number of fused-ring (bicyclic) bond motifs is 1. The molecule has 8 heteroatoms. The molecule has 1 amide bonds. The summed E-state index contributed by atoms with van der Waals surface area (Å²) in [4.78, 5) is 19.0. The zero-order chi connectivity index (χ0) is 19.7. The molecule has 0 saturated heterocycles. The number of anilines is 1. The average molecular weight is 414 g/mol. The monoisotopic (exact) mass is 413 g/mol. The van der Waals surface area contributed by atoms with Gasteiger partial charge in [0.05, 0.1) is 22.0 Å². The number of rotatable bonds is 5. The third kappa shape index (κ3) is 3.99. The molecule has 2 heterocycles. The van der Waals surface area contributed by atoms with E-state index in [9.17, 15) is 13.2 Å². The van der Waals surface area contributed by atoms with Gasteiger partial charge < -0.3 is 4.90 Å². The van der Waals surface area contributed by atoms with Crippen molar-refractivity contribution in [2.75, 3.05) is 11.4 Å². The lowest BCUT2D eigenvalue weighted by Gasteiger charge is -2.17. The first-order valence-electron chi connectivity index (χ1n) is 8.83. The van der Waals surface area contributed by atoms with Crippen molar-refractivity contribution in [1.82, 2.24) is 4.98 Å². The molecule has 2 aromatic carbocycles. The fourth-order valence-electron chi connectivity index (χ4n) is 3.33. The number of aromatic nitrogens is 1. The highest BCUT2D eigenvalue weighted by Gasteiger charge is 2.26. The minimum atomic E-state index is -3.81. The molecule has 0 bridgehead atoms. The van der Waals surface area contributed by atoms with Crippen molar-refractivity contribution in [1.29, 1.82) is 0 Å². The normalized spacial score (nSPS) is 13.5. The van der Waals surface area contributed by atoms with Crippen LogP contribution in [0.2, 0.25) is 0 Å². The summed E-state index contributed by atoms with van der Waals surface area (Å²) in [5.74, 6) is -0.0955. The quantitative estimate of drug-likeness (QED) is 0.695. The molecule has 2 N–H and O–H groups in total. The number of nitrogens with zero attached hydrogens (tertiary/aromatic N) is 2. The Balaban J connectivity index is 1.49. The van der Waals surface area contributed by atoms with Gasteiger partial charge in [-0.25, -0.2) is 18.5 Å². The molecule has 0 fully saturated rings. The Morgan fingerprint density at radius 2 is 1.96 bits per heavy atom. The number of carbonyl (C=O) groups is 1. The number of hydrogen-bond donors (Lipinski definition) is 1. The minimum absolute atomic E-state index is 0.0183. The molecular formula is C20H19N3O3S2. The smallest absolute Gasteiger partial charge is 0.238 e. The average Bonchev–Trinajstić information content (AvgIpc) is 3.28. The van der Waals surface area contributed by atoms with Crippen molar-refractivity contribution in [3.8, 4) is 0 Å². The van der Waals surface area contributed by atoms with Gasteiger partial charge in [-0.2, -0.15) is 0 Å². The van der Waals surface area contributed by atoms with Gasteiger partial charge in [-0.1, -0.05) is 36.4 Å². The van der Waals surface area contributed by atoms with Crippen molar-refractivity contribution in [2.24, 2.45) is 5.14 Å². The highest BCUT2D eigenvalue weighted by Crippen LogP contribution is 2.31. The van der Waals surface area contributed by atoms with Crippen molar-refractivity contribution in [3.63, 3.8) is 0 Å². The predicted molar refractivity (Wildman–Crippen MR) is 109 cm³/mol. The van der Waals surface area contributed by atoms with Crippen LogP contribution in [0.25, 0.3) is 0 Å². The standard InChI is InChI=1S/C20H19N3O3S2/c21-28(25,26)17-7-6-15-8-9-23(18(15)12-17)20(24)11-16-13-27-19(22-16)10-14-4-2-1-3-5-14/h1-7,12-13H,8-11H2,(H2,21,25,26). The van der Waals surface area contributed by atoms with E-state index in [1.165, 1.54) is 17.7 Å². The van der Waals surface area contributed by atoms with Crippen molar-refractivity contribution < 1.29 is 13.2 Å². The Morgan fingerprint density at radius 1 is 1.18 bits per heavy atom. The summed E-state index contributed by atoms with van der Waals surface area (Å²) >= 11 is 1.54. The van der Waals surface area contributed by atoms with E-state index in [1.807, 2.05) is 23.6 Å². The molecule has 6 nitrogen and oxygen atoms in total. The summed E-state index contributed by atoms with van der Waals surface area (Å²) in [5.41, 5.74) is 3.48. The molecule has 0 spiro atoms. The molecule has 1 aromatic heterocycles. The van der Waals surface area contributed by atoms with E-state index in [4.69, 9.17) is 5.14 Å². The first kappa shape index (κ1) is 18.8. The van der Waals surface area contributed by atoms with E-state index < -0.39 is 10.0 Å². The molecule has 0 atom stereocenters. The predicted octanol–water partition coefficient (Wildman–Crippen LogP) is 2.51. The first-order chi connectivity index (χ1) is 13.4. The summed E-state index contributed by atoms with van der Waals surface area (Å²) in [7, 11) is -3.81. The topological polar surface area (TPSA) is 93.4 Å². The second-order valence-corrected chi connectivity index (χ2v) is 9.21. The van der Waals surface area contributed by atoms with E-state index in [-0.39, 0.29) is 17.2 Å². The summed E-state index contributed by atoms with van der Waals surface area (Å²) in [6.45, 7) is 0.531. The van der Waals surface area contributed by atoms with Crippen LogP contribution in [-0.2, 0) is 34.1 Å². The van der Waals surface area contributed by atoms with Crippen LogP contribution in [0.5, 0.6) is 0 Å². The van der Waals surface area contributed by atoms with E-state index in [1.54, 1.807) is 22.3 Å². The second kappa shape index (κ2) is 7.46. The summed E-state index contributed by atoms with van der Waals surface area (Å²) < 4.78 is 23.2. The van der Waals surface area contributed by atoms with Crippen LogP contribution in [0.15, 0.2) is 58.8 Å². The maximum Gasteiger partial charge on any atom is 0.238 e. The van der Waals surface area contributed by atoms with Gasteiger partial charge in [0.25, 0.3) is 0 Å². The van der Waals surface area contributed by atoms with E-state index in [0.717, 1.165) is 22.7 Å². The molecule has 1 aliphatic heterocycles. The molecule has 0 saturated carbocycles. The molecule has 4 rings (SSSR count). The zero-order valence-corrected chi connectivity index (χ0v) is 16.7. The number of benzene rings is 2. The first-order valence-corrected chi connectivity index (χ1v) is 11.3. The Labute approximate surface area is 167 Å². The van der Waals surface area contributed by atoms with Crippen LogP contribution in [0.4, 0.5) is 5.69 Å². The maximum absolute atomic E-state index is 12.8. The van der Waals surface area contributed by atoms with Gasteiger partial charge in [0.2, 0.25) is 15.9 Å². The molecule has 3 aromatic rings. The van der Waals surface area contributed by atoms with Crippen LogP contribution >= 0.6 is 11.3 Å². The molecule has 28 heavy (non-hydrogen) atoms. The number of nitrogens with two attached hydrogens (primary N) is 1. The van der Waals surface area contributed by atoms with Gasteiger partial charge in [0.15, 0.2) is 0 Å². The molecule has 144 valence electrons. The van der Waals surface area contributed by atoms with Gasteiger partial charge >= 0.3 is 0 Å². The Hall–Kier alpha value is -2.55. The number of amides is 1. The van der Waals surface area contributed by atoms with E-state index in [2.05, 4.69) is 17.1 Å². The van der Waals surface area contributed by atoms with Crippen molar-refractivity contribution >= 4 is 33.0 Å². The summed E-state index contributed by atoms with van der Waals surface area (Å²) in [5, 5.41) is 8.10. The van der Waals surface area contributed by atoms with Gasteiger partial charge in [0, 0.05) is 24.0 Å². The number of carbonyl (C=O) groups excluding carboxylic acids is 1. The number of thiazole rings is 1. The van der Waals surface area contributed by atoms with Gasteiger partial charge in [-0.05, 0) is 29.7 Å². The van der Waals surface area contributed by atoms with Gasteiger partial charge in [-0.15, -0.1) is 11.3 Å². The van der Waals surface area contributed by atoms with Crippen LogP contribution in [-0.4, -0.2) is 25.9 Å². The highest BCUT2D eigenvalue weighted by molar-refractivity contribution is 7.89. The molecule has 0 unspecified atom stereocenters. The summed E-state index contributed by atoms with van der Waals surface area (Å²) in [6, 6.07) is 14.8. The Bertz CT molecular complexity index is 1120.